The summed E-state index contributed by atoms with van der Waals surface area (Å²) in [4.78, 5) is 16.3. The van der Waals surface area contributed by atoms with Crippen molar-refractivity contribution >= 4 is 40.4 Å². The Morgan fingerprint density at radius 3 is 2.62 bits per heavy atom. The van der Waals surface area contributed by atoms with Crippen LogP contribution in [0.15, 0.2) is 64.6 Å². The van der Waals surface area contributed by atoms with Crippen molar-refractivity contribution in [2.75, 3.05) is 11.7 Å². The number of hydrazone groups is 1. The predicted molar refractivity (Wildman–Crippen MR) is 107 cm³/mol. The van der Waals surface area contributed by atoms with Crippen molar-refractivity contribution < 1.29 is 14.9 Å². The minimum absolute atomic E-state index is 0.0348. The molecule has 0 fully saturated rings. The maximum Gasteiger partial charge on any atom is 0.357 e. The lowest BCUT2D eigenvalue weighted by molar-refractivity contribution is -0.341. The molecule has 0 aliphatic heterocycles. The molecule has 3 N–H and O–H groups in total. The highest BCUT2D eigenvalue weighted by molar-refractivity contribution is 7.98. The molecule has 0 atom stereocenters. The Hall–Kier alpha value is -2.64. The van der Waals surface area contributed by atoms with Gasteiger partial charge >= 0.3 is 11.1 Å². The molecule has 1 aromatic heterocycles. The molecule has 132 valence electrons. The average Bonchev–Trinajstić information content (AvgIpc) is 3.05. The van der Waals surface area contributed by atoms with E-state index in [0.717, 1.165) is 21.7 Å². The second-order valence-electron chi connectivity index (χ2n) is 5.43. The van der Waals surface area contributed by atoms with Crippen LogP contribution in [-0.2, 0) is 11.2 Å². The van der Waals surface area contributed by atoms with Crippen LogP contribution in [0.25, 0.3) is 11.3 Å². The minimum Gasteiger partial charge on any atom is -0.481 e. The van der Waals surface area contributed by atoms with Gasteiger partial charge in [-0.15, -0.1) is 17.2 Å². The smallest absolute Gasteiger partial charge is 0.357 e. The molecule has 3 aromatic rings. The number of thioether (sulfide) groups is 1. The van der Waals surface area contributed by atoms with Crippen LogP contribution in [0.4, 0.5) is 5.13 Å². The maximum absolute atomic E-state index is 11.2. The van der Waals surface area contributed by atoms with Gasteiger partial charge in [-0.2, -0.15) is 0 Å². The molecule has 7 heteroatoms. The molecule has 5 nitrogen and oxygen atoms in total. The zero-order chi connectivity index (χ0) is 18.4. The molecule has 0 spiro atoms. The van der Waals surface area contributed by atoms with Gasteiger partial charge in [0.15, 0.2) is 0 Å². The third-order valence-corrected chi connectivity index (χ3v) is 5.35. The standard InChI is InChI=1S/C19H17N3O2S2/c1-25-15-9-7-13(8-10-15)12-20-22-19-21-18(14-5-3-2-4-6-14)16(26-19)11-17(23)24/h2-10,12H,11H2,1H3,(H,21,22)(H,23,24)/p+1. The monoisotopic (exact) mass is 384 g/mol. The Labute approximate surface area is 159 Å². The summed E-state index contributed by atoms with van der Waals surface area (Å²) in [5, 5.41) is 14.1. The van der Waals surface area contributed by atoms with E-state index in [1.807, 2.05) is 60.9 Å². The topological polar surface area (TPSA) is 75.8 Å². The van der Waals surface area contributed by atoms with Crippen molar-refractivity contribution in [2.24, 2.45) is 5.10 Å². The fourth-order valence-corrected chi connectivity index (χ4v) is 3.76. The summed E-state index contributed by atoms with van der Waals surface area (Å²) in [6, 6.07) is 17.8. The van der Waals surface area contributed by atoms with E-state index in [1.54, 1.807) is 18.0 Å². The lowest BCUT2D eigenvalue weighted by Gasteiger charge is -1.97. The number of hydrogen-bond acceptors (Lipinski definition) is 5. The Kier molecular flexibility index (Phi) is 6.04. The van der Waals surface area contributed by atoms with Crippen LogP contribution in [0.2, 0.25) is 0 Å². The number of nitrogens with zero attached hydrogens (tertiary/aromatic N) is 1. The Morgan fingerprint density at radius 2 is 1.96 bits per heavy atom. The molecular formula is C19H18N3O2S2+. The SMILES string of the molecule is CSc1ccc(C=NNc2[nH+]c(-c3ccccc3)c(CC(=O)O)s2)cc1. The average molecular weight is 385 g/mol. The summed E-state index contributed by atoms with van der Waals surface area (Å²) in [5.74, 6) is -0.860. The Balaban J connectivity index is 1.78. The molecule has 0 unspecified atom stereocenters. The van der Waals surface area contributed by atoms with Crippen LogP contribution < -0.4 is 10.4 Å². The van der Waals surface area contributed by atoms with Crippen molar-refractivity contribution in [1.29, 1.82) is 0 Å². The van der Waals surface area contributed by atoms with Gasteiger partial charge in [0, 0.05) is 10.5 Å². The number of rotatable bonds is 7. The van der Waals surface area contributed by atoms with Gasteiger partial charge in [0.05, 0.1) is 17.5 Å². The molecule has 26 heavy (non-hydrogen) atoms. The molecule has 0 aliphatic rings. The third kappa shape index (κ3) is 4.71. The summed E-state index contributed by atoms with van der Waals surface area (Å²) in [6.07, 6.45) is 3.74. The molecule has 1 heterocycles. The summed E-state index contributed by atoms with van der Waals surface area (Å²) in [5.41, 5.74) is 5.70. The van der Waals surface area contributed by atoms with Crippen molar-refractivity contribution in [3.8, 4) is 11.3 Å². The highest BCUT2D eigenvalue weighted by atomic mass is 32.2. The molecule has 0 bridgehead atoms. The van der Waals surface area contributed by atoms with E-state index in [-0.39, 0.29) is 6.42 Å². The number of carboxylic acid groups (broad SMARTS) is 1. The highest BCUT2D eigenvalue weighted by Crippen LogP contribution is 2.27. The van der Waals surface area contributed by atoms with E-state index in [2.05, 4.69) is 15.5 Å². The fraction of sp³-hybridized carbons (Fsp3) is 0.105. The molecule has 0 amide bonds. The number of hydrogen-bond donors (Lipinski definition) is 2. The quantitative estimate of drug-likeness (QED) is 0.366. The van der Waals surface area contributed by atoms with Crippen molar-refractivity contribution in [2.45, 2.75) is 11.3 Å². The predicted octanol–water partition coefficient (Wildman–Crippen LogP) is 4.02. The van der Waals surface area contributed by atoms with Gasteiger partial charge in [-0.25, -0.2) is 4.98 Å². The lowest BCUT2D eigenvalue weighted by Crippen LogP contribution is -2.09. The van der Waals surface area contributed by atoms with Crippen LogP contribution in [0.3, 0.4) is 0 Å². The molecule has 0 saturated carbocycles. The van der Waals surface area contributed by atoms with Gasteiger partial charge in [0.2, 0.25) is 0 Å². The summed E-state index contributed by atoms with van der Waals surface area (Å²) >= 11 is 3.05. The first kappa shape index (κ1) is 18.2. The van der Waals surface area contributed by atoms with Gasteiger partial charge in [-0.3, -0.25) is 4.79 Å². The van der Waals surface area contributed by atoms with Crippen LogP contribution in [0.5, 0.6) is 0 Å². The highest BCUT2D eigenvalue weighted by Gasteiger charge is 2.19. The van der Waals surface area contributed by atoms with Crippen LogP contribution in [0, 0.1) is 0 Å². The van der Waals surface area contributed by atoms with Crippen LogP contribution in [-0.4, -0.2) is 23.5 Å². The Bertz CT molecular complexity index is 906. The first-order valence-electron chi connectivity index (χ1n) is 7.91. The van der Waals surface area contributed by atoms with E-state index in [1.165, 1.54) is 16.2 Å². The van der Waals surface area contributed by atoms with E-state index in [0.29, 0.717) is 5.13 Å². The molecule has 0 radical (unpaired) electrons. The number of aromatic nitrogens is 1. The number of aromatic amines is 1. The first-order valence-corrected chi connectivity index (χ1v) is 9.95. The molecule has 0 aliphatic carbocycles. The largest absolute Gasteiger partial charge is 0.481 e. The number of aliphatic carboxylic acids is 1. The molecule has 0 saturated heterocycles. The second kappa shape index (κ2) is 8.64. The van der Waals surface area contributed by atoms with Crippen molar-refractivity contribution in [3.63, 3.8) is 0 Å². The van der Waals surface area contributed by atoms with Crippen LogP contribution in [0.1, 0.15) is 10.4 Å². The van der Waals surface area contributed by atoms with Crippen molar-refractivity contribution in [1.82, 2.24) is 0 Å². The molecule has 3 rings (SSSR count). The van der Waals surface area contributed by atoms with Gasteiger partial charge in [0.1, 0.15) is 5.69 Å². The molecular weight excluding hydrogens is 366 g/mol. The zero-order valence-corrected chi connectivity index (χ0v) is 15.7. The van der Waals surface area contributed by atoms with E-state index < -0.39 is 5.97 Å². The summed E-state index contributed by atoms with van der Waals surface area (Å²) in [6.45, 7) is 0. The third-order valence-electron chi connectivity index (χ3n) is 3.61. The van der Waals surface area contributed by atoms with Gasteiger partial charge < -0.3 is 5.11 Å². The lowest BCUT2D eigenvalue weighted by atomic mass is 10.1. The second-order valence-corrected chi connectivity index (χ2v) is 7.42. The number of carbonyl (C=O) groups is 1. The summed E-state index contributed by atoms with van der Waals surface area (Å²) < 4.78 is 0. The Morgan fingerprint density at radius 1 is 1.23 bits per heavy atom. The number of H-pyrrole nitrogens is 1. The first-order chi connectivity index (χ1) is 12.7. The summed E-state index contributed by atoms with van der Waals surface area (Å²) in [7, 11) is 0. The normalized spacial score (nSPS) is 11.0. The van der Waals surface area contributed by atoms with E-state index >= 15 is 0 Å². The van der Waals surface area contributed by atoms with Gasteiger partial charge in [0.25, 0.3) is 0 Å². The van der Waals surface area contributed by atoms with Crippen LogP contribution >= 0.6 is 23.1 Å². The number of carboxylic acids is 1. The minimum atomic E-state index is -0.860. The maximum atomic E-state index is 11.2. The number of benzene rings is 2. The van der Waals surface area contributed by atoms with Crippen molar-refractivity contribution in [3.05, 3.63) is 65.0 Å². The number of anilines is 1. The number of thiazole rings is 1. The number of nitrogens with one attached hydrogen (secondary N) is 2. The van der Waals surface area contributed by atoms with Gasteiger partial charge in [-0.05, 0) is 35.3 Å². The molecule has 2 aromatic carbocycles. The van der Waals surface area contributed by atoms with Gasteiger partial charge in [-0.1, -0.05) is 47.6 Å². The fourth-order valence-electron chi connectivity index (χ4n) is 2.39. The van der Waals surface area contributed by atoms with E-state index in [9.17, 15) is 4.79 Å². The zero-order valence-electron chi connectivity index (χ0n) is 14.1. The van der Waals surface area contributed by atoms with E-state index in [4.69, 9.17) is 5.11 Å².